The Kier molecular flexibility index (Phi) is 3.97. The summed E-state index contributed by atoms with van der Waals surface area (Å²) in [7, 11) is 0. The molecule has 1 heterocycles. The van der Waals surface area contributed by atoms with E-state index in [1.807, 2.05) is 23.1 Å². The summed E-state index contributed by atoms with van der Waals surface area (Å²) in [6.07, 6.45) is 0.948. The van der Waals surface area contributed by atoms with E-state index in [0.29, 0.717) is 0 Å². The summed E-state index contributed by atoms with van der Waals surface area (Å²) in [5.74, 6) is -1.06. The van der Waals surface area contributed by atoms with Crippen LogP contribution in [0.5, 0.6) is 0 Å². The smallest absolute Gasteiger partial charge is 0.310 e. The lowest BCUT2D eigenvalue weighted by Gasteiger charge is -2.22. The van der Waals surface area contributed by atoms with Crippen molar-refractivity contribution in [3.63, 3.8) is 0 Å². The van der Waals surface area contributed by atoms with Gasteiger partial charge < -0.3 is 15.3 Å². The van der Waals surface area contributed by atoms with Gasteiger partial charge in [0.05, 0.1) is 12.0 Å². The van der Waals surface area contributed by atoms with Crippen molar-refractivity contribution in [1.29, 1.82) is 0 Å². The third-order valence-electron chi connectivity index (χ3n) is 3.62. The van der Waals surface area contributed by atoms with Gasteiger partial charge in [0.15, 0.2) is 0 Å². The van der Waals surface area contributed by atoms with Gasteiger partial charge in [-0.05, 0) is 31.9 Å². The molecule has 0 atom stereocenters. The van der Waals surface area contributed by atoms with Gasteiger partial charge in [0.25, 0.3) is 0 Å². The molecular weight excluding hydrogens is 256 g/mol. The van der Waals surface area contributed by atoms with Gasteiger partial charge in [-0.25, -0.2) is 0 Å². The second-order valence-corrected chi connectivity index (χ2v) is 5.77. The summed E-state index contributed by atoms with van der Waals surface area (Å²) >= 11 is 0. The van der Waals surface area contributed by atoms with Crippen molar-refractivity contribution in [2.24, 2.45) is 5.41 Å². The van der Waals surface area contributed by atoms with E-state index in [1.165, 1.54) is 5.56 Å². The largest absolute Gasteiger partial charge is 0.481 e. The van der Waals surface area contributed by atoms with Crippen LogP contribution >= 0.6 is 0 Å². The molecule has 20 heavy (non-hydrogen) atoms. The number of para-hydroxylation sites is 1. The van der Waals surface area contributed by atoms with Crippen molar-refractivity contribution in [2.45, 2.75) is 20.3 Å². The molecule has 5 nitrogen and oxygen atoms in total. The van der Waals surface area contributed by atoms with Crippen LogP contribution in [-0.4, -0.2) is 36.6 Å². The summed E-state index contributed by atoms with van der Waals surface area (Å²) in [5.41, 5.74) is 1.41. The van der Waals surface area contributed by atoms with Crippen molar-refractivity contribution in [2.75, 3.05) is 24.5 Å². The molecule has 1 aliphatic rings. The standard InChI is InChI=1S/C15H20N2O3/c1-15(2,14(19)20)10-16-13(18)9-17-8-7-11-5-3-4-6-12(11)17/h3-6H,7-10H2,1-2H3,(H,16,18)(H,19,20). The van der Waals surface area contributed by atoms with E-state index in [4.69, 9.17) is 5.11 Å². The number of carboxylic acids is 1. The first-order valence-electron chi connectivity index (χ1n) is 6.73. The zero-order valence-electron chi connectivity index (χ0n) is 11.8. The minimum atomic E-state index is -0.946. The van der Waals surface area contributed by atoms with E-state index >= 15 is 0 Å². The zero-order valence-corrected chi connectivity index (χ0v) is 11.8. The van der Waals surface area contributed by atoms with Crippen molar-refractivity contribution in [3.05, 3.63) is 29.8 Å². The maximum atomic E-state index is 11.9. The van der Waals surface area contributed by atoms with Crippen LogP contribution < -0.4 is 10.2 Å². The van der Waals surface area contributed by atoms with E-state index in [9.17, 15) is 9.59 Å². The normalized spacial score (nSPS) is 14.0. The maximum absolute atomic E-state index is 11.9. The highest BCUT2D eigenvalue weighted by Gasteiger charge is 2.28. The van der Waals surface area contributed by atoms with E-state index in [-0.39, 0.29) is 19.0 Å². The number of carbonyl (C=O) groups is 2. The number of nitrogens with zero attached hydrogens (tertiary/aromatic N) is 1. The summed E-state index contributed by atoms with van der Waals surface area (Å²) < 4.78 is 0. The van der Waals surface area contributed by atoms with Crippen LogP contribution in [0.1, 0.15) is 19.4 Å². The number of aliphatic carboxylic acids is 1. The van der Waals surface area contributed by atoms with Crippen molar-refractivity contribution in [3.8, 4) is 0 Å². The molecule has 1 amide bonds. The minimum Gasteiger partial charge on any atom is -0.481 e. The van der Waals surface area contributed by atoms with Crippen LogP contribution in [0.2, 0.25) is 0 Å². The van der Waals surface area contributed by atoms with Gasteiger partial charge in [-0.15, -0.1) is 0 Å². The van der Waals surface area contributed by atoms with Crippen molar-refractivity contribution >= 4 is 17.6 Å². The third kappa shape index (κ3) is 3.10. The molecule has 0 unspecified atom stereocenters. The molecule has 0 aliphatic carbocycles. The Labute approximate surface area is 118 Å². The Bertz CT molecular complexity index is 526. The lowest BCUT2D eigenvalue weighted by atomic mass is 9.94. The monoisotopic (exact) mass is 276 g/mol. The maximum Gasteiger partial charge on any atom is 0.310 e. The third-order valence-corrected chi connectivity index (χ3v) is 3.62. The number of benzene rings is 1. The minimum absolute atomic E-state index is 0.136. The molecule has 0 fully saturated rings. The van der Waals surface area contributed by atoms with Crippen molar-refractivity contribution < 1.29 is 14.7 Å². The molecule has 0 bridgehead atoms. The number of rotatable bonds is 5. The van der Waals surface area contributed by atoms with Gasteiger partial charge in [0.2, 0.25) is 5.91 Å². The number of anilines is 1. The highest BCUT2D eigenvalue weighted by molar-refractivity contribution is 5.83. The highest BCUT2D eigenvalue weighted by Crippen LogP contribution is 2.26. The fourth-order valence-electron chi connectivity index (χ4n) is 2.20. The first-order chi connectivity index (χ1) is 9.40. The van der Waals surface area contributed by atoms with Gasteiger partial charge >= 0.3 is 5.97 Å². The quantitative estimate of drug-likeness (QED) is 0.850. The van der Waals surface area contributed by atoms with Gasteiger partial charge in [0.1, 0.15) is 0 Å². The highest BCUT2D eigenvalue weighted by atomic mass is 16.4. The number of carboxylic acid groups (broad SMARTS) is 1. The first kappa shape index (κ1) is 14.4. The van der Waals surface area contributed by atoms with Crippen LogP contribution in [0.25, 0.3) is 0 Å². The van der Waals surface area contributed by atoms with Gasteiger partial charge in [-0.2, -0.15) is 0 Å². The Balaban J connectivity index is 1.89. The molecule has 0 aromatic heterocycles. The molecule has 2 N–H and O–H groups in total. The van der Waals surface area contributed by atoms with E-state index in [1.54, 1.807) is 13.8 Å². The van der Waals surface area contributed by atoms with Gasteiger partial charge in [0, 0.05) is 18.8 Å². The first-order valence-corrected chi connectivity index (χ1v) is 6.73. The molecule has 1 aromatic carbocycles. The van der Waals surface area contributed by atoms with Gasteiger partial charge in [-0.1, -0.05) is 18.2 Å². The fourth-order valence-corrected chi connectivity index (χ4v) is 2.20. The van der Waals surface area contributed by atoms with E-state index in [0.717, 1.165) is 18.7 Å². The molecule has 2 rings (SSSR count). The second-order valence-electron chi connectivity index (χ2n) is 5.77. The summed E-state index contributed by atoms with van der Waals surface area (Å²) in [5, 5.41) is 11.7. The number of amides is 1. The summed E-state index contributed by atoms with van der Waals surface area (Å²) in [6.45, 7) is 4.43. The number of carbonyl (C=O) groups excluding carboxylic acids is 1. The Morgan fingerprint density at radius 2 is 2.05 bits per heavy atom. The predicted molar refractivity (Wildman–Crippen MR) is 76.8 cm³/mol. The Morgan fingerprint density at radius 1 is 1.35 bits per heavy atom. The average molecular weight is 276 g/mol. The summed E-state index contributed by atoms with van der Waals surface area (Å²) in [4.78, 5) is 24.9. The molecule has 0 saturated carbocycles. The van der Waals surface area contributed by atoms with Crippen LogP contribution in [0.3, 0.4) is 0 Å². The molecule has 108 valence electrons. The molecule has 1 aliphatic heterocycles. The zero-order chi connectivity index (χ0) is 14.8. The Morgan fingerprint density at radius 3 is 2.75 bits per heavy atom. The molecule has 0 saturated heterocycles. The lowest BCUT2D eigenvalue weighted by molar-refractivity contribution is -0.146. The topological polar surface area (TPSA) is 69.6 Å². The second kappa shape index (κ2) is 5.53. The number of fused-ring (bicyclic) bond motifs is 1. The number of hydrogen-bond donors (Lipinski definition) is 2. The molecule has 5 heteroatoms. The van der Waals surface area contributed by atoms with Crippen LogP contribution in [0.4, 0.5) is 5.69 Å². The van der Waals surface area contributed by atoms with E-state index in [2.05, 4.69) is 11.4 Å². The summed E-state index contributed by atoms with van der Waals surface area (Å²) in [6, 6.07) is 8.04. The fraction of sp³-hybridized carbons (Fsp3) is 0.467. The molecule has 0 radical (unpaired) electrons. The molecule has 0 spiro atoms. The average Bonchev–Trinajstić information content (AvgIpc) is 2.80. The SMILES string of the molecule is CC(C)(CNC(=O)CN1CCc2ccccc21)C(=O)O. The molecule has 1 aromatic rings. The molecular formula is C15H20N2O3. The Hall–Kier alpha value is -2.04. The van der Waals surface area contributed by atoms with Gasteiger partial charge in [-0.3, -0.25) is 9.59 Å². The van der Waals surface area contributed by atoms with Crippen molar-refractivity contribution in [1.82, 2.24) is 5.32 Å². The van der Waals surface area contributed by atoms with Crippen LogP contribution in [0, 0.1) is 5.41 Å². The van der Waals surface area contributed by atoms with Crippen LogP contribution in [0.15, 0.2) is 24.3 Å². The van der Waals surface area contributed by atoms with E-state index < -0.39 is 11.4 Å². The lowest BCUT2D eigenvalue weighted by Crippen LogP contribution is -2.43. The number of hydrogen-bond acceptors (Lipinski definition) is 3. The predicted octanol–water partition coefficient (Wildman–Crippen LogP) is 1.28. The number of nitrogens with one attached hydrogen (secondary N) is 1. The van der Waals surface area contributed by atoms with Crippen LogP contribution in [-0.2, 0) is 16.0 Å².